The van der Waals surface area contributed by atoms with Gasteiger partial charge in [0, 0.05) is 0 Å². The van der Waals surface area contributed by atoms with Crippen LogP contribution in [-0.4, -0.2) is 16.3 Å². The Morgan fingerprint density at radius 2 is 2.09 bits per heavy atom. The third kappa shape index (κ3) is 1.11. The third-order valence-corrected chi connectivity index (χ3v) is 2.55. The summed E-state index contributed by atoms with van der Waals surface area (Å²) < 4.78 is 10.4. The van der Waals surface area contributed by atoms with E-state index < -0.39 is 0 Å². The van der Waals surface area contributed by atoms with Gasteiger partial charge in [0.1, 0.15) is 0 Å². The number of benzene rings is 1. The molecule has 0 fully saturated rings. The second kappa shape index (κ2) is 2.58. The van der Waals surface area contributed by atoms with Gasteiger partial charge in [0.2, 0.25) is 6.79 Å². The predicted octanol–water partition coefficient (Wildman–Crippen LogP) is 0.793. The van der Waals surface area contributed by atoms with Gasteiger partial charge in [0.15, 0.2) is 11.5 Å². The Hall–Kier alpha value is -0.963. The molecule has 0 N–H and O–H groups in total. The number of ether oxygens (including phenoxy) is 2. The molecule has 56 valence electrons. The van der Waals surface area contributed by atoms with Crippen molar-refractivity contribution in [1.29, 1.82) is 0 Å². The van der Waals surface area contributed by atoms with Crippen LogP contribution in [-0.2, 0) is 0 Å². The highest BCUT2D eigenvalue weighted by atomic mass is 28.2. The molecule has 1 aliphatic heterocycles. The Morgan fingerprint density at radius 1 is 1.27 bits per heavy atom. The average Bonchev–Trinajstić information content (AvgIpc) is 2.50. The lowest BCUT2D eigenvalue weighted by atomic mass is 10.3. The lowest BCUT2D eigenvalue weighted by molar-refractivity contribution is 0.174. The van der Waals surface area contributed by atoms with E-state index in [9.17, 15) is 0 Å². The van der Waals surface area contributed by atoms with Gasteiger partial charge in [-0.1, -0.05) is 17.8 Å². The number of rotatable bonds is 1. The lowest BCUT2D eigenvalue weighted by Crippen LogP contribution is -2.08. The van der Waals surface area contributed by atoms with Crippen molar-refractivity contribution in [2.24, 2.45) is 0 Å². The average molecular weight is 164 g/mol. The zero-order chi connectivity index (χ0) is 7.68. The smallest absolute Gasteiger partial charge is 0.231 e. The molecule has 0 saturated carbocycles. The topological polar surface area (TPSA) is 18.5 Å². The molecule has 11 heavy (non-hydrogen) atoms. The fraction of sp³-hybridized carbons (Fsp3) is 0.250. The van der Waals surface area contributed by atoms with Crippen molar-refractivity contribution in [3.8, 4) is 11.5 Å². The van der Waals surface area contributed by atoms with E-state index in [1.165, 1.54) is 5.19 Å². The molecule has 2 radical (unpaired) electrons. The van der Waals surface area contributed by atoms with Crippen LogP contribution in [0.4, 0.5) is 0 Å². The maximum atomic E-state index is 5.22. The van der Waals surface area contributed by atoms with Crippen molar-refractivity contribution in [3.63, 3.8) is 0 Å². The summed E-state index contributed by atoms with van der Waals surface area (Å²) in [4.78, 5) is 0. The zero-order valence-corrected chi connectivity index (χ0v) is 7.26. The molecule has 0 aliphatic carbocycles. The van der Waals surface area contributed by atoms with Crippen LogP contribution in [0.5, 0.6) is 11.5 Å². The molecule has 1 heterocycles. The first kappa shape index (κ1) is 6.73. The summed E-state index contributed by atoms with van der Waals surface area (Å²) in [6.45, 7) is 2.52. The van der Waals surface area contributed by atoms with E-state index >= 15 is 0 Å². The summed E-state index contributed by atoms with van der Waals surface area (Å²) in [7, 11) is 0.818. The van der Waals surface area contributed by atoms with Crippen LogP contribution < -0.4 is 14.7 Å². The van der Waals surface area contributed by atoms with Crippen molar-refractivity contribution in [2.75, 3.05) is 6.79 Å². The van der Waals surface area contributed by atoms with Crippen molar-refractivity contribution in [3.05, 3.63) is 18.2 Å². The van der Waals surface area contributed by atoms with Crippen LogP contribution >= 0.6 is 0 Å². The summed E-state index contributed by atoms with van der Waals surface area (Å²) >= 11 is 0. The molecular formula is C8H8O2Si. The van der Waals surface area contributed by atoms with Gasteiger partial charge in [-0.3, -0.25) is 0 Å². The maximum absolute atomic E-state index is 5.22. The van der Waals surface area contributed by atoms with Gasteiger partial charge in [0.05, 0.1) is 9.52 Å². The van der Waals surface area contributed by atoms with Gasteiger partial charge in [-0.15, -0.1) is 0 Å². The van der Waals surface area contributed by atoms with Crippen molar-refractivity contribution < 1.29 is 9.47 Å². The van der Waals surface area contributed by atoms with Gasteiger partial charge in [-0.25, -0.2) is 0 Å². The molecule has 0 bridgehead atoms. The monoisotopic (exact) mass is 164 g/mol. The minimum atomic E-state index is 0.367. The molecule has 2 nitrogen and oxygen atoms in total. The Kier molecular flexibility index (Phi) is 1.58. The van der Waals surface area contributed by atoms with E-state index in [4.69, 9.17) is 9.47 Å². The molecule has 2 rings (SSSR count). The standard InChI is InChI=1S/C8H8O2Si/c1-11-6-2-3-7-8(4-6)10-5-9-7/h2-4H,5H2,1H3. The van der Waals surface area contributed by atoms with E-state index in [0.29, 0.717) is 6.79 Å². The Bertz CT molecular complexity index is 273. The van der Waals surface area contributed by atoms with Crippen LogP contribution in [0.15, 0.2) is 18.2 Å². The SMILES string of the molecule is C[Si]c1ccc2c(c1)OCO2. The minimum absolute atomic E-state index is 0.367. The van der Waals surface area contributed by atoms with Crippen molar-refractivity contribution in [1.82, 2.24) is 0 Å². The van der Waals surface area contributed by atoms with E-state index in [2.05, 4.69) is 12.6 Å². The first-order valence-electron chi connectivity index (χ1n) is 3.47. The van der Waals surface area contributed by atoms with Crippen molar-refractivity contribution >= 4 is 14.7 Å². The third-order valence-electron chi connectivity index (χ3n) is 1.66. The fourth-order valence-electron chi connectivity index (χ4n) is 1.05. The largest absolute Gasteiger partial charge is 0.454 e. The number of fused-ring (bicyclic) bond motifs is 1. The van der Waals surface area contributed by atoms with Crippen LogP contribution in [0.25, 0.3) is 0 Å². The minimum Gasteiger partial charge on any atom is -0.454 e. The number of hydrogen-bond acceptors (Lipinski definition) is 2. The highest BCUT2D eigenvalue weighted by Gasteiger charge is 2.11. The normalized spacial score (nSPS) is 13.5. The zero-order valence-electron chi connectivity index (χ0n) is 6.26. The molecule has 0 spiro atoms. The highest BCUT2D eigenvalue weighted by Crippen LogP contribution is 2.29. The molecule has 1 aromatic rings. The fourth-order valence-corrected chi connectivity index (χ4v) is 1.58. The highest BCUT2D eigenvalue weighted by molar-refractivity contribution is 6.52. The van der Waals surface area contributed by atoms with E-state index in [1.54, 1.807) is 0 Å². The summed E-state index contributed by atoms with van der Waals surface area (Å²) in [6, 6.07) is 6.08. The Morgan fingerprint density at radius 3 is 2.91 bits per heavy atom. The predicted molar refractivity (Wildman–Crippen MR) is 43.8 cm³/mol. The van der Waals surface area contributed by atoms with Crippen LogP contribution in [0.3, 0.4) is 0 Å². The molecule has 3 heteroatoms. The second-order valence-corrected chi connectivity index (χ2v) is 3.40. The summed E-state index contributed by atoms with van der Waals surface area (Å²) in [5.74, 6) is 1.75. The first-order valence-corrected chi connectivity index (χ1v) is 4.97. The molecule has 0 amide bonds. The Labute approximate surface area is 68.0 Å². The summed E-state index contributed by atoms with van der Waals surface area (Å²) in [5.41, 5.74) is 0. The molecule has 1 aromatic carbocycles. The van der Waals surface area contributed by atoms with Gasteiger partial charge < -0.3 is 9.47 Å². The van der Waals surface area contributed by atoms with Crippen LogP contribution in [0, 0.1) is 0 Å². The lowest BCUT2D eigenvalue weighted by Gasteiger charge is -1.97. The van der Waals surface area contributed by atoms with E-state index in [0.717, 1.165) is 21.0 Å². The summed E-state index contributed by atoms with van der Waals surface area (Å²) in [6.07, 6.45) is 0. The molecular weight excluding hydrogens is 156 g/mol. The second-order valence-electron chi connectivity index (χ2n) is 2.32. The van der Waals surface area contributed by atoms with Gasteiger partial charge in [-0.05, 0) is 12.1 Å². The molecule has 0 atom stereocenters. The molecule has 1 aliphatic rings. The Balaban J connectivity index is 2.41. The van der Waals surface area contributed by atoms with Crippen LogP contribution in [0.2, 0.25) is 6.55 Å². The van der Waals surface area contributed by atoms with E-state index in [-0.39, 0.29) is 0 Å². The van der Waals surface area contributed by atoms with Gasteiger partial charge >= 0.3 is 0 Å². The molecule has 0 saturated heterocycles. The molecule has 0 aromatic heterocycles. The van der Waals surface area contributed by atoms with Crippen LogP contribution in [0.1, 0.15) is 0 Å². The summed E-state index contributed by atoms with van der Waals surface area (Å²) in [5, 5.41) is 1.31. The van der Waals surface area contributed by atoms with Gasteiger partial charge in [-0.2, -0.15) is 0 Å². The molecule has 0 unspecified atom stereocenters. The van der Waals surface area contributed by atoms with E-state index in [1.807, 2.05) is 12.1 Å². The van der Waals surface area contributed by atoms with Gasteiger partial charge in [0.25, 0.3) is 0 Å². The quantitative estimate of drug-likeness (QED) is 0.571. The maximum Gasteiger partial charge on any atom is 0.231 e. The number of hydrogen-bond donors (Lipinski definition) is 0. The van der Waals surface area contributed by atoms with Crippen molar-refractivity contribution in [2.45, 2.75) is 6.55 Å². The first-order chi connectivity index (χ1) is 5.40.